The Morgan fingerprint density at radius 3 is 2.14 bits per heavy atom. The van der Waals surface area contributed by atoms with Crippen molar-refractivity contribution in [2.75, 3.05) is 19.5 Å². The Morgan fingerprint density at radius 1 is 1.10 bits per heavy atom. The van der Waals surface area contributed by atoms with Gasteiger partial charge in [-0.3, -0.25) is 5.32 Å². The molecule has 1 heterocycles. The SMILES string of the molecule is COC(=O)c1csc(C(=O)OC)c1NC(=O)OC(C)(C)C. The average molecular weight is 315 g/mol. The molecule has 1 aromatic rings. The molecule has 0 aromatic carbocycles. The molecule has 0 saturated carbocycles. The molecule has 0 aliphatic heterocycles. The lowest BCUT2D eigenvalue weighted by Gasteiger charge is -2.20. The fourth-order valence-electron chi connectivity index (χ4n) is 1.39. The highest BCUT2D eigenvalue weighted by Crippen LogP contribution is 2.30. The lowest BCUT2D eigenvalue weighted by Crippen LogP contribution is -2.28. The van der Waals surface area contributed by atoms with Crippen LogP contribution >= 0.6 is 11.3 Å². The van der Waals surface area contributed by atoms with E-state index in [9.17, 15) is 14.4 Å². The lowest BCUT2D eigenvalue weighted by molar-refractivity contribution is 0.0601. The maximum Gasteiger partial charge on any atom is 0.412 e. The number of carbonyl (C=O) groups excluding carboxylic acids is 3. The van der Waals surface area contributed by atoms with Gasteiger partial charge in [-0.2, -0.15) is 0 Å². The number of hydrogen-bond acceptors (Lipinski definition) is 7. The van der Waals surface area contributed by atoms with Gasteiger partial charge in [0, 0.05) is 5.38 Å². The highest BCUT2D eigenvalue weighted by Gasteiger charge is 2.26. The minimum Gasteiger partial charge on any atom is -0.465 e. The van der Waals surface area contributed by atoms with Gasteiger partial charge in [0.05, 0.1) is 25.5 Å². The van der Waals surface area contributed by atoms with E-state index >= 15 is 0 Å². The van der Waals surface area contributed by atoms with Crippen LogP contribution in [0.25, 0.3) is 0 Å². The summed E-state index contributed by atoms with van der Waals surface area (Å²) in [5.74, 6) is -1.34. The minimum atomic E-state index is -0.781. The quantitative estimate of drug-likeness (QED) is 0.681. The standard InChI is InChI=1S/C13H17NO6S/c1-13(2,3)20-12(17)14-8-7(10(15)18-4)6-21-9(8)11(16)19-5/h6H,1-5H3,(H,14,17). The zero-order valence-corrected chi connectivity index (χ0v) is 13.3. The fraction of sp³-hybridized carbons (Fsp3) is 0.462. The van der Waals surface area contributed by atoms with Crippen molar-refractivity contribution < 1.29 is 28.6 Å². The second kappa shape index (κ2) is 6.57. The third kappa shape index (κ3) is 4.45. The number of nitrogens with one attached hydrogen (secondary N) is 1. The molecule has 0 atom stereocenters. The molecule has 0 bridgehead atoms. The molecule has 0 spiro atoms. The minimum absolute atomic E-state index is 0.0213. The van der Waals surface area contributed by atoms with Crippen molar-refractivity contribution in [3.05, 3.63) is 15.8 Å². The summed E-state index contributed by atoms with van der Waals surface area (Å²) in [5.41, 5.74) is -0.626. The van der Waals surface area contributed by atoms with Gasteiger partial charge in [0.25, 0.3) is 0 Å². The summed E-state index contributed by atoms with van der Waals surface area (Å²) in [5, 5.41) is 3.80. The molecular formula is C13H17NO6S. The van der Waals surface area contributed by atoms with Crippen molar-refractivity contribution >= 4 is 35.1 Å². The van der Waals surface area contributed by atoms with Crippen LogP contribution < -0.4 is 5.32 Å². The first-order chi connectivity index (χ1) is 9.69. The van der Waals surface area contributed by atoms with E-state index in [4.69, 9.17) is 4.74 Å². The van der Waals surface area contributed by atoms with Crippen LogP contribution in [0.15, 0.2) is 5.38 Å². The molecule has 8 heteroatoms. The van der Waals surface area contributed by atoms with Crippen LogP contribution in [-0.4, -0.2) is 37.9 Å². The van der Waals surface area contributed by atoms with Crippen LogP contribution in [0.5, 0.6) is 0 Å². The Kier molecular flexibility index (Phi) is 5.31. The number of amides is 1. The molecule has 0 aliphatic rings. The Hall–Kier alpha value is -2.09. The fourth-order valence-corrected chi connectivity index (χ4v) is 2.30. The molecule has 0 unspecified atom stereocenters. The van der Waals surface area contributed by atoms with Crippen molar-refractivity contribution in [3.63, 3.8) is 0 Å². The molecular weight excluding hydrogens is 298 g/mol. The zero-order chi connectivity index (χ0) is 16.2. The van der Waals surface area contributed by atoms with Crippen LogP contribution in [0.3, 0.4) is 0 Å². The zero-order valence-electron chi connectivity index (χ0n) is 12.4. The van der Waals surface area contributed by atoms with Crippen molar-refractivity contribution in [1.29, 1.82) is 0 Å². The molecule has 0 radical (unpaired) electrons. The van der Waals surface area contributed by atoms with E-state index in [1.807, 2.05) is 0 Å². The number of carbonyl (C=O) groups is 3. The summed E-state index contributed by atoms with van der Waals surface area (Å²) < 4.78 is 14.3. The van der Waals surface area contributed by atoms with E-state index in [2.05, 4.69) is 14.8 Å². The van der Waals surface area contributed by atoms with E-state index < -0.39 is 23.6 Å². The first-order valence-corrected chi connectivity index (χ1v) is 6.85. The normalized spacial score (nSPS) is 10.7. The third-order valence-electron chi connectivity index (χ3n) is 2.19. The molecule has 7 nitrogen and oxygen atoms in total. The average Bonchev–Trinajstić information content (AvgIpc) is 2.78. The summed E-state index contributed by atoms with van der Waals surface area (Å²) in [6.45, 7) is 5.09. The van der Waals surface area contributed by atoms with Gasteiger partial charge in [-0.25, -0.2) is 14.4 Å². The number of anilines is 1. The van der Waals surface area contributed by atoms with Gasteiger partial charge in [0.1, 0.15) is 10.5 Å². The highest BCUT2D eigenvalue weighted by atomic mass is 32.1. The van der Waals surface area contributed by atoms with Crippen molar-refractivity contribution in [2.45, 2.75) is 26.4 Å². The Bertz CT molecular complexity index is 524. The number of ether oxygens (including phenoxy) is 3. The number of rotatable bonds is 3. The van der Waals surface area contributed by atoms with E-state index in [0.717, 1.165) is 11.3 Å². The number of esters is 2. The van der Waals surface area contributed by atoms with Crippen LogP contribution in [0, 0.1) is 0 Å². The number of methoxy groups -OCH3 is 2. The smallest absolute Gasteiger partial charge is 0.412 e. The van der Waals surface area contributed by atoms with Crippen molar-refractivity contribution in [1.82, 2.24) is 0 Å². The summed E-state index contributed by atoms with van der Waals surface area (Å²) in [6, 6.07) is 0. The third-order valence-corrected chi connectivity index (χ3v) is 3.15. The molecule has 116 valence electrons. The Morgan fingerprint density at radius 2 is 1.67 bits per heavy atom. The molecule has 1 amide bonds. The molecule has 0 aliphatic carbocycles. The first-order valence-electron chi connectivity index (χ1n) is 5.97. The summed E-state index contributed by atoms with van der Waals surface area (Å²) in [4.78, 5) is 35.2. The largest absolute Gasteiger partial charge is 0.465 e. The van der Waals surface area contributed by atoms with Gasteiger partial charge < -0.3 is 14.2 Å². The van der Waals surface area contributed by atoms with Gasteiger partial charge >= 0.3 is 18.0 Å². The first kappa shape index (κ1) is 17.0. The summed E-state index contributed by atoms with van der Waals surface area (Å²) in [6.07, 6.45) is -0.781. The van der Waals surface area contributed by atoms with E-state index in [-0.39, 0.29) is 16.1 Å². The second-order valence-corrected chi connectivity index (χ2v) is 5.84. The van der Waals surface area contributed by atoms with Gasteiger partial charge in [-0.05, 0) is 20.8 Å². The Balaban J connectivity index is 3.12. The molecule has 1 N–H and O–H groups in total. The van der Waals surface area contributed by atoms with Crippen LogP contribution in [0.1, 0.15) is 40.8 Å². The number of thiophene rings is 1. The van der Waals surface area contributed by atoms with Gasteiger partial charge in [-0.1, -0.05) is 0 Å². The molecule has 1 rings (SSSR count). The monoisotopic (exact) mass is 315 g/mol. The van der Waals surface area contributed by atoms with E-state index in [1.165, 1.54) is 19.6 Å². The molecule has 0 saturated heterocycles. The van der Waals surface area contributed by atoms with Crippen molar-refractivity contribution in [2.24, 2.45) is 0 Å². The molecule has 1 aromatic heterocycles. The van der Waals surface area contributed by atoms with Gasteiger partial charge in [0.2, 0.25) is 0 Å². The molecule has 0 fully saturated rings. The summed E-state index contributed by atoms with van der Waals surface area (Å²) in [7, 11) is 2.41. The predicted molar refractivity (Wildman–Crippen MR) is 76.9 cm³/mol. The Labute approximate surface area is 126 Å². The maximum atomic E-state index is 11.8. The second-order valence-electron chi connectivity index (χ2n) is 4.96. The lowest BCUT2D eigenvalue weighted by atomic mass is 10.2. The van der Waals surface area contributed by atoms with Crippen molar-refractivity contribution in [3.8, 4) is 0 Å². The number of hydrogen-bond donors (Lipinski definition) is 1. The highest BCUT2D eigenvalue weighted by molar-refractivity contribution is 7.13. The van der Waals surface area contributed by atoms with Crippen LogP contribution in [0.4, 0.5) is 10.5 Å². The predicted octanol–water partition coefficient (Wildman–Crippen LogP) is 2.67. The van der Waals surface area contributed by atoms with Gasteiger partial charge in [-0.15, -0.1) is 11.3 Å². The van der Waals surface area contributed by atoms with E-state index in [1.54, 1.807) is 20.8 Å². The van der Waals surface area contributed by atoms with Crippen LogP contribution in [0.2, 0.25) is 0 Å². The van der Waals surface area contributed by atoms with Gasteiger partial charge in [0.15, 0.2) is 0 Å². The van der Waals surface area contributed by atoms with E-state index in [0.29, 0.717) is 0 Å². The summed E-state index contributed by atoms with van der Waals surface area (Å²) >= 11 is 0.967. The van der Waals surface area contributed by atoms with Crippen LogP contribution in [-0.2, 0) is 14.2 Å². The topological polar surface area (TPSA) is 90.9 Å². The maximum absolute atomic E-state index is 11.8. The molecule has 21 heavy (non-hydrogen) atoms.